The zero-order valence-electron chi connectivity index (χ0n) is 13.7. The van der Waals surface area contributed by atoms with E-state index in [1.165, 1.54) is 6.20 Å². The van der Waals surface area contributed by atoms with Gasteiger partial charge in [-0.25, -0.2) is 9.48 Å². The van der Waals surface area contributed by atoms with Gasteiger partial charge in [0.2, 0.25) is 0 Å². The van der Waals surface area contributed by atoms with Crippen molar-refractivity contribution >= 4 is 35.2 Å². The Kier molecular flexibility index (Phi) is 5.06. The van der Waals surface area contributed by atoms with Crippen LogP contribution in [-0.4, -0.2) is 43.8 Å². The molecule has 8 heteroatoms. The van der Waals surface area contributed by atoms with E-state index >= 15 is 0 Å². The van der Waals surface area contributed by atoms with E-state index in [0.717, 1.165) is 0 Å². The highest BCUT2D eigenvalue weighted by Crippen LogP contribution is 2.28. The number of benzene rings is 1. The molecule has 0 aliphatic carbocycles. The number of nitrogens with one attached hydrogen (secondary N) is 1. The Balaban J connectivity index is 1.89. The number of nitrogens with zero attached hydrogens (tertiary/aromatic N) is 2. The van der Waals surface area contributed by atoms with Crippen LogP contribution >= 0.6 is 23.4 Å². The maximum absolute atomic E-state index is 12.7. The van der Waals surface area contributed by atoms with Crippen LogP contribution < -0.4 is 5.32 Å². The van der Waals surface area contributed by atoms with Crippen molar-refractivity contribution in [1.82, 2.24) is 15.1 Å². The molecule has 1 aromatic carbocycles. The highest BCUT2D eigenvalue weighted by Gasteiger charge is 2.41. The summed E-state index contributed by atoms with van der Waals surface area (Å²) in [4.78, 5) is 24.4. The van der Waals surface area contributed by atoms with Crippen LogP contribution in [-0.2, 0) is 4.79 Å². The average Bonchev–Trinajstić information content (AvgIpc) is 2.97. The highest BCUT2D eigenvalue weighted by molar-refractivity contribution is 7.99. The molecular formula is C17H18ClN3O3S. The molecule has 0 radical (unpaired) electrons. The third kappa shape index (κ3) is 3.39. The van der Waals surface area contributed by atoms with Crippen LogP contribution in [0.3, 0.4) is 0 Å². The number of halogens is 1. The lowest BCUT2D eigenvalue weighted by atomic mass is 9.92. The van der Waals surface area contributed by atoms with Gasteiger partial charge in [0, 0.05) is 0 Å². The quantitative estimate of drug-likeness (QED) is 0.853. The summed E-state index contributed by atoms with van der Waals surface area (Å²) in [7, 11) is 0. The lowest BCUT2D eigenvalue weighted by Gasteiger charge is -2.33. The molecule has 1 fully saturated rings. The molecule has 132 valence electrons. The molecular weight excluding hydrogens is 362 g/mol. The third-order valence-electron chi connectivity index (χ3n) is 4.44. The van der Waals surface area contributed by atoms with E-state index in [1.54, 1.807) is 35.5 Å². The fourth-order valence-electron chi connectivity index (χ4n) is 2.90. The number of amides is 1. The number of para-hydroxylation sites is 1. The standard InChI is InChI=1S/C17H18ClN3O3S/c1-11-12(10-19-21(11)14-5-3-2-4-13(14)18)15(22)20-17(16(23)24)6-8-25-9-7-17/h2-5,10H,6-9H2,1H3,(H,20,22)(H,23,24). The number of rotatable bonds is 4. The van der Waals surface area contributed by atoms with Gasteiger partial charge in [-0.1, -0.05) is 23.7 Å². The smallest absolute Gasteiger partial charge is 0.329 e. The van der Waals surface area contributed by atoms with Crippen LogP contribution in [0.15, 0.2) is 30.5 Å². The molecule has 2 N–H and O–H groups in total. The summed E-state index contributed by atoms with van der Waals surface area (Å²) in [6, 6.07) is 7.20. The summed E-state index contributed by atoms with van der Waals surface area (Å²) in [5.41, 5.74) is 0.416. The van der Waals surface area contributed by atoms with Gasteiger partial charge in [-0.3, -0.25) is 4.79 Å². The minimum Gasteiger partial charge on any atom is -0.480 e. The van der Waals surface area contributed by atoms with E-state index in [0.29, 0.717) is 46.3 Å². The summed E-state index contributed by atoms with van der Waals surface area (Å²) in [5.74, 6) is 0.0110. The van der Waals surface area contributed by atoms with E-state index in [9.17, 15) is 14.7 Å². The Hall–Kier alpha value is -1.99. The topological polar surface area (TPSA) is 84.2 Å². The van der Waals surface area contributed by atoms with Gasteiger partial charge in [-0.05, 0) is 43.4 Å². The van der Waals surface area contributed by atoms with Gasteiger partial charge in [0.15, 0.2) is 0 Å². The van der Waals surface area contributed by atoms with E-state index in [1.807, 2.05) is 12.1 Å². The van der Waals surface area contributed by atoms with Crippen LogP contribution in [0.2, 0.25) is 5.02 Å². The van der Waals surface area contributed by atoms with Gasteiger partial charge in [0.05, 0.1) is 28.2 Å². The van der Waals surface area contributed by atoms with Crippen LogP contribution in [0.1, 0.15) is 28.9 Å². The number of aliphatic carboxylic acids is 1. The molecule has 0 unspecified atom stereocenters. The van der Waals surface area contributed by atoms with Crippen molar-refractivity contribution in [2.45, 2.75) is 25.3 Å². The molecule has 1 saturated heterocycles. The highest BCUT2D eigenvalue weighted by atomic mass is 35.5. The zero-order valence-corrected chi connectivity index (χ0v) is 15.2. The Morgan fingerprint density at radius 3 is 2.64 bits per heavy atom. The second kappa shape index (κ2) is 7.09. The van der Waals surface area contributed by atoms with Crippen molar-refractivity contribution in [2.75, 3.05) is 11.5 Å². The molecule has 0 bridgehead atoms. The molecule has 0 saturated carbocycles. The maximum atomic E-state index is 12.7. The molecule has 1 aliphatic rings. The maximum Gasteiger partial charge on any atom is 0.329 e. The molecule has 1 amide bonds. The van der Waals surface area contributed by atoms with Crippen molar-refractivity contribution in [3.05, 3.63) is 46.7 Å². The minimum atomic E-state index is -1.21. The largest absolute Gasteiger partial charge is 0.480 e. The third-order valence-corrected chi connectivity index (χ3v) is 5.75. The van der Waals surface area contributed by atoms with E-state index in [-0.39, 0.29) is 0 Å². The zero-order chi connectivity index (χ0) is 18.0. The Bertz CT molecular complexity index is 815. The molecule has 25 heavy (non-hydrogen) atoms. The second-order valence-corrected chi connectivity index (χ2v) is 7.59. The van der Waals surface area contributed by atoms with E-state index in [4.69, 9.17) is 11.6 Å². The number of carbonyl (C=O) groups is 2. The van der Waals surface area contributed by atoms with Crippen molar-refractivity contribution in [1.29, 1.82) is 0 Å². The van der Waals surface area contributed by atoms with Gasteiger partial charge in [-0.15, -0.1) is 0 Å². The lowest BCUT2D eigenvalue weighted by Crippen LogP contribution is -2.56. The fourth-order valence-corrected chi connectivity index (χ4v) is 4.30. The molecule has 2 heterocycles. The first-order valence-corrected chi connectivity index (χ1v) is 9.41. The molecule has 6 nitrogen and oxygen atoms in total. The van der Waals surface area contributed by atoms with Gasteiger partial charge in [0.1, 0.15) is 5.54 Å². The summed E-state index contributed by atoms with van der Waals surface area (Å²) >= 11 is 7.90. The monoisotopic (exact) mass is 379 g/mol. The Morgan fingerprint density at radius 1 is 1.32 bits per heavy atom. The lowest BCUT2D eigenvalue weighted by molar-refractivity contribution is -0.144. The van der Waals surface area contributed by atoms with Crippen molar-refractivity contribution in [3.63, 3.8) is 0 Å². The second-order valence-electron chi connectivity index (χ2n) is 5.96. The van der Waals surface area contributed by atoms with Gasteiger partial charge >= 0.3 is 5.97 Å². The summed E-state index contributed by atoms with van der Waals surface area (Å²) in [6.07, 6.45) is 2.27. The first-order valence-electron chi connectivity index (χ1n) is 7.88. The number of hydrogen-bond acceptors (Lipinski definition) is 4. The first kappa shape index (κ1) is 17.8. The molecule has 1 aliphatic heterocycles. The van der Waals surface area contributed by atoms with Crippen LogP contribution in [0.25, 0.3) is 5.69 Å². The van der Waals surface area contributed by atoms with Crippen molar-refractivity contribution in [2.24, 2.45) is 0 Å². The summed E-state index contributed by atoms with van der Waals surface area (Å²) in [5, 5.41) is 17.1. The van der Waals surface area contributed by atoms with Gasteiger partial charge < -0.3 is 10.4 Å². The minimum absolute atomic E-state index is 0.346. The number of carbonyl (C=O) groups excluding carboxylic acids is 1. The van der Waals surface area contributed by atoms with Crippen LogP contribution in [0.5, 0.6) is 0 Å². The first-order chi connectivity index (χ1) is 11.9. The molecule has 0 atom stereocenters. The van der Waals surface area contributed by atoms with Crippen molar-refractivity contribution in [3.8, 4) is 5.69 Å². The number of aromatic nitrogens is 2. The van der Waals surface area contributed by atoms with Crippen LogP contribution in [0, 0.1) is 6.92 Å². The molecule has 0 spiro atoms. The molecule has 3 rings (SSSR count). The van der Waals surface area contributed by atoms with Crippen molar-refractivity contribution < 1.29 is 14.7 Å². The summed E-state index contributed by atoms with van der Waals surface area (Å²) < 4.78 is 1.58. The Labute approximate surface area is 154 Å². The number of carboxylic acids is 1. The predicted octanol–water partition coefficient (Wildman–Crippen LogP) is 2.91. The van der Waals surface area contributed by atoms with Gasteiger partial charge in [-0.2, -0.15) is 16.9 Å². The molecule has 1 aromatic heterocycles. The van der Waals surface area contributed by atoms with Crippen LogP contribution in [0.4, 0.5) is 0 Å². The van der Waals surface area contributed by atoms with E-state index in [2.05, 4.69) is 10.4 Å². The number of hydrogen-bond donors (Lipinski definition) is 2. The Morgan fingerprint density at radius 2 is 2.00 bits per heavy atom. The molecule has 2 aromatic rings. The SMILES string of the molecule is Cc1c(C(=O)NC2(C(=O)O)CCSCC2)cnn1-c1ccccc1Cl. The number of thioether (sulfide) groups is 1. The average molecular weight is 380 g/mol. The number of carboxylic acid groups (broad SMARTS) is 1. The van der Waals surface area contributed by atoms with E-state index < -0.39 is 17.4 Å². The normalized spacial score (nSPS) is 16.4. The summed E-state index contributed by atoms with van der Waals surface area (Å²) in [6.45, 7) is 1.76. The predicted molar refractivity (Wildman–Crippen MR) is 97.7 cm³/mol. The van der Waals surface area contributed by atoms with Gasteiger partial charge in [0.25, 0.3) is 5.91 Å². The fraction of sp³-hybridized carbons (Fsp3) is 0.353.